The minimum absolute atomic E-state index is 0.000377. The Morgan fingerprint density at radius 2 is 1.88 bits per heavy atom. The minimum Gasteiger partial charge on any atom is -0.374 e. The number of hydrogen-bond acceptors (Lipinski definition) is 4. The Bertz CT molecular complexity index is 699. The summed E-state index contributed by atoms with van der Waals surface area (Å²) in [5.74, 6) is 0.000377. The number of nitrogens with zero attached hydrogens (tertiary/aromatic N) is 1. The highest BCUT2D eigenvalue weighted by molar-refractivity contribution is 7.91. The zero-order valence-electron chi connectivity index (χ0n) is 14.9. The maximum atomic E-state index is 12.6. The number of allylic oxidation sites excluding steroid dienone is 2. The third-order valence-electron chi connectivity index (χ3n) is 3.94. The summed E-state index contributed by atoms with van der Waals surface area (Å²) in [4.78, 5) is 2.31. The van der Waals surface area contributed by atoms with Gasteiger partial charge in [0.25, 0.3) is 0 Å². The molecule has 0 spiro atoms. The van der Waals surface area contributed by atoms with E-state index in [1.807, 2.05) is 56.9 Å². The lowest BCUT2D eigenvalue weighted by Crippen LogP contribution is -2.24. The van der Waals surface area contributed by atoms with E-state index < -0.39 is 9.84 Å². The van der Waals surface area contributed by atoms with Gasteiger partial charge in [-0.05, 0) is 39.8 Å². The van der Waals surface area contributed by atoms with Gasteiger partial charge in [0.2, 0.25) is 0 Å². The van der Waals surface area contributed by atoms with Crippen molar-refractivity contribution in [3.05, 3.63) is 54.6 Å². The molecule has 0 radical (unpaired) electrons. The Kier molecular flexibility index (Phi) is 5.68. The quantitative estimate of drug-likeness (QED) is 0.559. The molecule has 0 bridgehead atoms. The van der Waals surface area contributed by atoms with Gasteiger partial charge in [-0.15, -0.1) is 0 Å². The minimum atomic E-state index is -3.35. The van der Waals surface area contributed by atoms with Crippen LogP contribution in [0.2, 0.25) is 0 Å². The van der Waals surface area contributed by atoms with Gasteiger partial charge in [-0.2, -0.15) is 0 Å². The number of aryl methyl sites for hydroxylation is 1. The summed E-state index contributed by atoms with van der Waals surface area (Å²) in [6.45, 7) is 12.1. The van der Waals surface area contributed by atoms with E-state index in [0.717, 1.165) is 5.56 Å². The molecule has 1 aromatic carbocycles. The Balaban J connectivity index is 2.09. The molecule has 1 heterocycles. The van der Waals surface area contributed by atoms with Gasteiger partial charge in [-0.3, -0.25) is 4.90 Å². The van der Waals surface area contributed by atoms with E-state index in [1.54, 1.807) is 18.2 Å². The molecule has 24 heavy (non-hydrogen) atoms. The number of rotatable bonds is 7. The number of sulfone groups is 1. The van der Waals surface area contributed by atoms with Crippen molar-refractivity contribution in [1.82, 2.24) is 4.90 Å². The van der Waals surface area contributed by atoms with Crippen molar-refractivity contribution in [2.75, 3.05) is 12.5 Å². The standard InChI is InChI=1S/C19H27NO3S/c1-6-7-8-17-18(13-23-19(3,4)5)20(17)14-24(21,22)16-11-9-15(2)10-12-16/h6-12,17-18H,1,13-14H2,2-5H3/b8-7+/t17-,18+,20?/m1/s1. The van der Waals surface area contributed by atoms with Gasteiger partial charge >= 0.3 is 0 Å². The van der Waals surface area contributed by atoms with E-state index >= 15 is 0 Å². The van der Waals surface area contributed by atoms with Crippen LogP contribution in [-0.2, 0) is 14.6 Å². The van der Waals surface area contributed by atoms with Gasteiger partial charge in [-0.1, -0.05) is 42.5 Å². The molecule has 1 saturated heterocycles. The normalized spacial score (nSPS) is 24.2. The average molecular weight is 349 g/mol. The van der Waals surface area contributed by atoms with Crippen LogP contribution in [0, 0.1) is 6.92 Å². The van der Waals surface area contributed by atoms with Crippen LogP contribution in [0.15, 0.2) is 54.0 Å². The molecule has 1 aromatic rings. The molecule has 3 atom stereocenters. The summed E-state index contributed by atoms with van der Waals surface area (Å²) in [6.07, 6.45) is 5.54. The fraction of sp³-hybridized carbons (Fsp3) is 0.474. The van der Waals surface area contributed by atoms with Crippen molar-refractivity contribution in [3.63, 3.8) is 0 Å². The molecule has 0 N–H and O–H groups in total. The second kappa shape index (κ2) is 7.21. The van der Waals surface area contributed by atoms with Crippen molar-refractivity contribution >= 4 is 9.84 Å². The molecule has 132 valence electrons. The van der Waals surface area contributed by atoms with Crippen LogP contribution >= 0.6 is 0 Å². The van der Waals surface area contributed by atoms with Gasteiger partial charge in [0.15, 0.2) is 9.84 Å². The SMILES string of the molecule is C=C/C=C/[C@@H]1[C@H](COC(C)(C)C)N1CS(=O)(=O)c1ccc(C)cc1. The van der Waals surface area contributed by atoms with Gasteiger partial charge < -0.3 is 4.74 Å². The topological polar surface area (TPSA) is 46.4 Å². The van der Waals surface area contributed by atoms with Crippen molar-refractivity contribution in [3.8, 4) is 0 Å². The lowest BCUT2D eigenvalue weighted by Gasteiger charge is -2.19. The third-order valence-corrected chi connectivity index (χ3v) is 5.57. The average Bonchev–Trinajstić information content (AvgIpc) is 3.13. The molecule has 0 amide bonds. The van der Waals surface area contributed by atoms with Crippen molar-refractivity contribution in [2.45, 2.75) is 50.3 Å². The first-order valence-corrected chi connectivity index (χ1v) is 9.78. The van der Waals surface area contributed by atoms with Gasteiger partial charge in [0.05, 0.1) is 23.1 Å². The van der Waals surface area contributed by atoms with Crippen LogP contribution in [0.3, 0.4) is 0 Å². The van der Waals surface area contributed by atoms with Crippen LogP contribution in [-0.4, -0.2) is 43.5 Å². The summed E-state index contributed by atoms with van der Waals surface area (Å²) >= 11 is 0. The van der Waals surface area contributed by atoms with E-state index in [9.17, 15) is 8.42 Å². The summed E-state index contributed by atoms with van der Waals surface area (Å²) in [5, 5.41) is 0. The fourth-order valence-electron chi connectivity index (χ4n) is 2.51. The van der Waals surface area contributed by atoms with E-state index in [2.05, 4.69) is 6.58 Å². The van der Waals surface area contributed by atoms with Crippen LogP contribution in [0.1, 0.15) is 26.3 Å². The maximum Gasteiger partial charge on any atom is 0.191 e. The van der Waals surface area contributed by atoms with Crippen LogP contribution in [0.25, 0.3) is 0 Å². The Morgan fingerprint density at radius 1 is 1.25 bits per heavy atom. The summed E-state index contributed by atoms with van der Waals surface area (Å²) in [5.41, 5.74) is 0.806. The van der Waals surface area contributed by atoms with Crippen molar-refractivity contribution in [2.24, 2.45) is 0 Å². The van der Waals surface area contributed by atoms with Gasteiger partial charge in [0, 0.05) is 6.04 Å². The van der Waals surface area contributed by atoms with Gasteiger partial charge in [0.1, 0.15) is 5.88 Å². The summed E-state index contributed by atoms with van der Waals surface area (Å²) in [6, 6.07) is 7.15. The van der Waals surface area contributed by atoms with E-state index in [4.69, 9.17) is 4.74 Å². The molecule has 5 heteroatoms. The molecule has 1 aliphatic rings. The smallest absolute Gasteiger partial charge is 0.191 e. The predicted molar refractivity (Wildman–Crippen MR) is 97.7 cm³/mol. The van der Waals surface area contributed by atoms with Gasteiger partial charge in [-0.25, -0.2) is 8.42 Å². The first kappa shape index (κ1) is 18.9. The molecular weight excluding hydrogens is 322 g/mol. The van der Waals surface area contributed by atoms with E-state index in [0.29, 0.717) is 11.5 Å². The molecule has 4 nitrogen and oxygen atoms in total. The zero-order chi connectivity index (χ0) is 18.0. The Labute approximate surface area is 145 Å². The second-order valence-corrected chi connectivity index (χ2v) is 9.13. The van der Waals surface area contributed by atoms with Crippen molar-refractivity contribution in [1.29, 1.82) is 0 Å². The van der Waals surface area contributed by atoms with Crippen LogP contribution in [0.4, 0.5) is 0 Å². The first-order chi connectivity index (χ1) is 11.1. The molecule has 1 unspecified atom stereocenters. The highest BCUT2D eigenvalue weighted by Gasteiger charge is 2.48. The molecule has 2 rings (SSSR count). The fourth-order valence-corrected chi connectivity index (χ4v) is 3.97. The third kappa shape index (κ3) is 5.03. The maximum absolute atomic E-state index is 12.6. The lowest BCUT2D eigenvalue weighted by molar-refractivity contribution is -0.00521. The molecule has 0 aliphatic carbocycles. The van der Waals surface area contributed by atoms with Crippen LogP contribution in [0.5, 0.6) is 0 Å². The molecule has 1 aliphatic heterocycles. The van der Waals surface area contributed by atoms with E-state index in [1.165, 1.54) is 0 Å². The lowest BCUT2D eigenvalue weighted by atomic mass is 10.2. The van der Waals surface area contributed by atoms with Crippen molar-refractivity contribution < 1.29 is 13.2 Å². The molecule has 0 saturated carbocycles. The highest BCUT2D eigenvalue weighted by atomic mass is 32.2. The monoisotopic (exact) mass is 349 g/mol. The Morgan fingerprint density at radius 3 is 2.42 bits per heavy atom. The Hall–Kier alpha value is -1.43. The second-order valence-electron chi connectivity index (χ2n) is 7.17. The first-order valence-electron chi connectivity index (χ1n) is 8.12. The summed E-state index contributed by atoms with van der Waals surface area (Å²) < 4.78 is 31.1. The number of ether oxygens (including phenoxy) is 1. The largest absolute Gasteiger partial charge is 0.374 e. The molecule has 0 aromatic heterocycles. The summed E-state index contributed by atoms with van der Waals surface area (Å²) in [7, 11) is -3.35. The van der Waals surface area contributed by atoms with Crippen LogP contribution < -0.4 is 0 Å². The predicted octanol–water partition coefficient (Wildman–Crippen LogP) is 3.34. The highest BCUT2D eigenvalue weighted by Crippen LogP contribution is 2.33. The zero-order valence-corrected chi connectivity index (χ0v) is 15.7. The molecular formula is C19H27NO3S. The number of benzene rings is 1. The van der Waals surface area contributed by atoms with E-state index in [-0.39, 0.29) is 23.6 Å². The number of hydrogen-bond donors (Lipinski definition) is 0. The molecule has 1 fully saturated rings.